The zero-order valence-corrected chi connectivity index (χ0v) is 7.09. The highest BCUT2D eigenvalue weighted by Gasteiger charge is 1.97. The highest BCUT2D eigenvalue weighted by Crippen LogP contribution is 2.11. The molecule has 1 heterocycles. The molecule has 0 atom stereocenters. The second kappa shape index (κ2) is 3.76. The number of aliphatic imine (C=N–C) groups is 1. The Kier molecular flexibility index (Phi) is 2.27. The largest absolute Gasteiger partial charge is 0.239 e. The molecule has 64 valence electrons. The molecule has 1 aromatic carbocycles. The zero-order valence-electron chi connectivity index (χ0n) is 7.09. The molecule has 13 heavy (non-hydrogen) atoms. The molecule has 0 saturated heterocycles. The third kappa shape index (κ3) is 2.08. The number of azo groups is 1. The molecule has 0 N–H and O–H groups in total. The molecule has 1 aliphatic heterocycles. The molecule has 0 radical (unpaired) electrons. The summed E-state index contributed by atoms with van der Waals surface area (Å²) in [4.78, 5) is 4.03. The summed E-state index contributed by atoms with van der Waals surface area (Å²) in [5, 5.41) is 8.05. The molecular formula is C10H9N3. The van der Waals surface area contributed by atoms with Gasteiger partial charge in [0.25, 0.3) is 0 Å². The van der Waals surface area contributed by atoms with Crippen LogP contribution in [0.3, 0.4) is 0 Å². The topological polar surface area (TPSA) is 37.1 Å². The van der Waals surface area contributed by atoms with Crippen LogP contribution < -0.4 is 0 Å². The Labute approximate surface area is 76.5 Å². The fourth-order valence-electron chi connectivity index (χ4n) is 1.03. The lowest BCUT2D eigenvalue weighted by atomic mass is 10.3. The Morgan fingerprint density at radius 1 is 1.08 bits per heavy atom. The fourth-order valence-corrected chi connectivity index (χ4v) is 1.03. The van der Waals surface area contributed by atoms with Crippen molar-refractivity contribution in [3.63, 3.8) is 0 Å². The van der Waals surface area contributed by atoms with E-state index < -0.39 is 0 Å². The van der Waals surface area contributed by atoms with Crippen LogP contribution in [-0.2, 0) is 0 Å². The minimum atomic E-state index is 0.767. The van der Waals surface area contributed by atoms with Gasteiger partial charge in [-0.3, -0.25) is 0 Å². The molecule has 0 unspecified atom stereocenters. The van der Waals surface area contributed by atoms with Crippen molar-refractivity contribution in [2.75, 3.05) is 0 Å². The number of benzene rings is 1. The van der Waals surface area contributed by atoms with Gasteiger partial charge in [0.1, 0.15) is 0 Å². The minimum absolute atomic E-state index is 0.767. The summed E-state index contributed by atoms with van der Waals surface area (Å²) in [5.41, 5.74) is 0.858. The number of hydrogen-bond acceptors (Lipinski definition) is 3. The summed E-state index contributed by atoms with van der Waals surface area (Å²) >= 11 is 0. The Morgan fingerprint density at radius 2 is 1.92 bits per heavy atom. The first-order valence-corrected chi connectivity index (χ1v) is 4.13. The summed E-state index contributed by atoms with van der Waals surface area (Å²) in [6, 6.07) is 9.64. The minimum Gasteiger partial charge on any atom is -0.239 e. The Hall–Kier alpha value is -1.77. The van der Waals surface area contributed by atoms with Crippen molar-refractivity contribution in [2.24, 2.45) is 15.2 Å². The van der Waals surface area contributed by atoms with Crippen LogP contribution in [-0.4, -0.2) is 5.84 Å². The summed E-state index contributed by atoms with van der Waals surface area (Å²) in [5.74, 6) is 0.767. The van der Waals surface area contributed by atoms with Gasteiger partial charge < -0.3 is 0 Å². The molecule has 0 spiro atoms. The lowest BCUT2D eigenvalue weighted by Crippen LogP contribution is -1.83. The number of nitrogens with zero attached hydrogens (tertiary/aromatic N) is 3. The van der Waals surface area contributed by atoms with Crippen LogP contribution in [0.15, 0.2) is 57.8 Å². The van der Waals surface area contributed by atoms with Gasteiger partial charge in [-0.2, -0.15) is 0 Å². The first kappa shape index (κ1) is 7.86. The molecule has 3 nitrogen and oxygen atoms in total. The molecule has 2 rings (SSSR count). The van der Waals surface area contributed by atoms with Crippen molar-refractivity contribution in [3.05, 3.63) is 42.6 Å². The van der Waals surface area contributed by atoms with Crippen LogP contribution >= 0.6 is 0 Å². The van der Waals surface area contributed by atoms with Gasteiger partial charge in [0.2, 0.25) is 0 Å². The van der Waals surface area contributed by atoms with E-state index in [9.17, 15) is 0 Å². The lowest BCUT2D eigenvalue weighted by molar-refractivity contribution is 1.24. The molecule has 1 aromatic rings. The summed E-state index contributed by atoms with van der Waals surface area (Å²) in [6.45, 7) is 0. The van der Waals surface area contributed by atoms with Crippen molar-refractivity contribution >= 4 is 11.5 Å². The van der Waals surface area contributed by atoms with Crippen LogP contribution in [0.25, 0.3) is 0 Å². The predicted octanol–water partition coefficient (Wildman–Crippen LogP) is 3.09. The Morgan fingerprint density at radius 3 is 2.62 bits per heavy atom. The van der Waals surface area contributed by atoms with Gasteiger partial charge in [0.05, 0.1) is 5.69 Å². The van der Waals surface area contributed by atoms with Crippen LogP contribution in [0.5, 0.6) is 0 Å². The van der Waals surface area contributed by atoms with Crippen molar-refractivity contribution in [1.82, 2.24) is 0 Å². The summed E-state index contributed by atoms with van der Waals surface area (Å²) < 4.78 is 0. The maximum atomic E-state index is 4.04. The maximum Gasteiger partial charge on any atom is 0.154 e. The van der Waals surface area contributed by atoms with Crippen molar-refractivity contribution in [3.8, 4) is 0 Å². The average Bonchev–Trinajstić information content (AvgIpc) is 2.69. The summed E-state index contributed by atoms with van der Waals surface area (Å²) in [7, 11) is 0. The second-order valence-corrected chi connectivity index (χ2v) is 2.67. The van der Waals surface area contributed by atoms with E-state index in [0.29, 0.717) is 0 Å². The van der Waals surface area contributed by atoms with Gasteiger partial charge >= 0.3 is 0 Å². The van der Waals surface area contributed by atoms with E-state index in [-0.39, 0.29) is 0 Å². The molecule has 0 amide bonds. The summed E-state index contributed by atoms with van der Waals surface area (Å²) in [6.07, 6.45) is 4.50. The molecule has 0 aliphatic carbocycles. The molecular weight excluding hydrogens is 162 g/mol. The highest BCUT2D eigenvalue weighted by atomic mass is 15.1. The SMILES string of the molecule is C1=CN=C(N=Nc2ccccc2)C1. The van der Waals surface area contributed by atoms with Crippen LogP contribution in [0, 0.1) is 0 Å². The first-order chi connectivity index (χ1) is 6.45. The Bertz CT molecular complexity index is 363. The van der Waals surface area contributed by atoms with E-state index in [1.807, 2.05) is 36.4 Å². The van der Waals surface area contributed by atoms with Gasteiger partial charge in [-0.05, 0) is 12.1 Å². The standard InChI is InChI=1S/C10H9N3/c1-2-5-9(6-3-1)12-13-10-7-4-8-11-10/h1-6,8H,7H2. The van der Waals surface area contributed by atoms with Crippen molar-refractivity contribution < 1.29 is 0 Å². The molecule has 0 aromatic heterocycles. The molecule has 0 saturated carbocycles. The van der Waals surface area contributed by atoms with Gasteiger partial charge in [-0.25, -0.2) is 4.99 Å². The number of amidine groups is 1. The van der Waals surface area contributed by atoms with Gasteiger partial charge in [0, 0.05) is 12.6 Å². The smallest absolute Gasteiger partial charge is 0.154 e. The van der Waals surface area contributed by atoms with Crippen LogP contribution in [0.1, 0.15) is 6.42 Å². The third-order valence-electron chi connectivity index (χ3n) is 1.67. The maximum absolute atomic E-state index is 4.04. The van der Waals surface area contributed by atoms with E-state index in [1.165, 1.54) is 0 Å². The molecule has 0 bridgehead atoms. The third-order valence-corrected chi connectivity index (χ3v) is 1.67. The van der Waals surface area contributed by atoms with E-state index in [1.54, 1.807) is 6.20 Å². The van der Waals surface area contributed by atoms with E-state index in [2.05, 4.69) is 15.2 Å². The number of hydrogen-bond donors (Lipinski definition) is 0. The van der Waals surface area contributed by atoms with E-state index >= 15 is 0 Å². The second-order valence-electron chi connectivity index (χ2n) is 2.67. The average molecular weight is 171 g/mol. The zero-order chi connectivity index (χ0) is 8.93. The van der Waals surface area contributed by atoms with Gasteiger partial charge in [-0.15, -0.1) is 10.2 Å². The molecule has 3 heteroatoms. The van der Waals surface area contributed by atoms with Crippen LogP contribution in [0.4, 0.5) is 5.69 Å². The van der Waals surface area contributed by atoms with Gasteiger partial charge in [-0.1, -0.05) is 24.3 Å². The normalized spacial score (nSPS) is 15.2. The fraction of sp³-hybridized carbons (Fsp3) is 0.100. The highest BCUT2D eigenvalue weighted by molar-refractivity contribution is 5.86. The van der Waals surface area contributed by atoms with Crippen molar-refractivity contribution in [1.29, 1.82) is 0 Å². The van der Waals surface area contributed by atoms with E-state index in [4.69, 9.17) is 0 Å². The van der Waals surface area contributed by atoms with Gasteiger partial charge in [0.15, 0.2) is 5.84 Å². The first-order valence-electron chi connectivity index (χ1n) is 4.13. The Balaban J connectivity index is 2.06. The lowest BCUT2D eigenvalue weighted by Gasteiger charge is -1.89. The predicted molar refractivity (Wildman–Crippen MR) is 52.2 cm³/mol. The van der Waals surface area contributed by atoms with E-state index in [0.717, 1.165) is 17.9 Å². The monoisotopic (exact) mass is 171 g/mol. The molecule has 0 fully saturated rings. The quantitative estimate of drug-likeness (QED) is 0.582. The van der Waals surface area contributed by atoms with Crippen molar-refractivity contribution in [2.45, 2.75) is 6.42 Å². The number of rotatable bonds is 1. The molecule has 1 aliphatic rings. The van der Waals surface area contributed by atoms with Crippen LogP contribution in [0.2, 0.25) is 0 Å².